The number of hydrogen-bond acceptors (Lipinski definition) is 3. The second-order valence-electron chi connectivity index (χ2n) is 6.08. The largest absolute Gasteiger partial charge is 0.373 e. The fourth-order valence-corrected chi connectivity index (χ4v) is 3.24. The van der Waals surface area contributed by atoms with Crippen molar-refractivity contribution in [2.24, 2.45) is 0 Å². The summed E-state index contributed by atoms with van der Waals surface area (Å²) in [6.07, 6.45) is 0.181. The van der Waals surface area contributed by atoms with E-state index in [0.717, 1.165) is 28.1 Å². The molecule has 2 aromatic rings. The predicted octanol–water partition coefficient (Wildman–Crippen LogP) is 3.36. The Balaban J connectivity index is 1.91. The van der Waals surface area contributed by atoms with Gasteiger partial charge in [-0.1, -0.05) is 35.9 Å². The summed E-state index contributed by atoms with van der Waals surface area (Å²) in [5, 5.41) is 3.16. The van der Waals surface area contributed by atoms with Crippen LogP contribution in [0.1, 0.15) is 23.1 Å². The van der Waals surface area contributed by atoms with Crippen molar-refractivity contribution in [1.82, 2.24) is 0 Å². The number of hydrogen-bond donors (Lipinski definition) is 1. The highest BCUT2D eigenvalue weighted by Crippen LogP contribution is 2.31. The van der Waals surface area contributed by atoms with Crippen molar-refractivity contribution < 1.29 is 9.59 Å². The number of rotatable bonds is 3. The second kappa shape index (κ2) is 5.88. The molecule has 2 aromatic carbocycles. The molecular weight excluding hydrogens is 288 g/mol. The van der Waals surface area contributed by atoms with Crippen molar-refractivity contribution in [3.63, 3.8) is 0 Å². The summed E-state index contributed by atoms with van der Waals surface area (Å²) in [6, 6.07) is 13.0. The quantitative estimate of drug-likeness (QED) is 0.885. The third kappa shape index (κ3) is 2.84. The number of benzene rings is 2. The summed E-state index contributed by atoms with van der Waals surface area (Å²) in [5.41, 5.74) is 4.59. The molecule has 0 aromatic heterocycles. The minimum Gasteiger partial charge on any atom is -0.373 e. The molecule has 1 fully saturated rings. The topological polar surface area (TPSA) is 49.4 Å². The van der Waals surface area contributed by atoms with Crippen LogP contribution < -0.4 is 10.2 Å². The highest BCUT2D eigenvalue weighted by molar-refractivity contribution is 6.23. The van der Waals surface area contributed by atoms with E-state index in [1.54, 1.807) is 0 Å². The molecule has 1 aliphatic heterocycles. The molecule has 0 bridgehead atoms. The van der Waals surface area contributed by atoms with Gasteiger partial charge in [0.15, 0.2) is 0 Å². The van der Waals surface area contributed by atoms with E-state index in [1.807, 2.05) is 63.2 Å². The van der Waals surface area contributed by atoms with E-state index >= 15 is 0 Å². The van der Waals surface area contributed by atoms with Crippen LogP contribution in [0.4, 0.5) is 11.4 Å². The molecule has 1 heterocycles. The summed E-state index contributed by atoms with van der Waals surface area (Å²) >= 11 is 0. The van der Waals surface area contributed by atoms with Crippen LogP contribution in [0.5, 0.6) is 0 Å². The van der Waals surface area contributed by atoms with Gasteiger partial charge in [-0.25, -0.2) is 4.90 Å². The van der Waals surface area contributed by atoms with Gasteiger partial charge < -0.3 is 5.32 Å². The second-order valence-corrected chi connectivity index (χ2v) is 6.08. The molecule has 0 aliphatic carbocycles. The van der Waals surface area contributed by atoms with Crippen molar-refractivity contribution in [3.05, 3.63) is 59.2 Å². The van der Waals surface area contributed by atoms with Gasteiger partial charge in [0.05, 0.1) is 12.1 Å². The van der Waals surface area contributed by atoms with E-state index in [0.29, 0.717) is 0 Å². The highest BCUT2D eigenvalue weighted by Gasteiger charge is 2.40. The number of nitrogens with one attached hydrogen (secondary N) is 1. The van der Waals surface area contributed by atoms with Gasteiger partial charge in [0, 0.05) is 5.69 Å². The summed E-state index contributed by atoms with van der Waals surface area (Å²) in [6.45, 7) is 5.89. The lowest BCUT2D eigenvalue weighted by molar-refractivity contribution is -0.121. The molecule has 1 atom stereocenters. The first-order chi connectivity index (χ1) is 11.0. The fourth-order valence-electron chi connectivity index (χ4n) is 3.24. The first-order valence-corrected chi connectivity index (χ1v) is 7.73. The van der Waals surface area contributed by atoms with Crippen molar-refractivity contribution in [1.29, 1.82) is 0 Å². The molecule has 0 spiro atoms. The van der Waals surface area contributed by atoms with Crippen LogP contribution in [0.15, 0.2) is 42.5 Å². The Kier molecular flexibility index (Phi) is 3.90. The molecule has 3 rings (SSSR count). The maximum atomic E-state index is 12.8. The van der Waals surface area contributed by atoms with Crippen LogP contribution in [-0.4, -0.2) is 17.9 Å². The van der Waals surface area contributed by atoms with Crippen molar-refractivity contribution in [2.75, 3.05) is 10.2 Å². The standard InChI is InChI=1S/C19H20N2O2/c1-12-9-13(2)18(14(3)10-12)21-17(22)11-16(19(21)23)20-15-7-5-4-6-8-15/h4-10,16,20H,11H2,1-3H3. The number of amides is 2. The lowest BCUT2D eigenvalue weighted by Crippen LogP contribution is -2.35. The van der Waals surface area contributed by atoms with E-state index in [9.17, 15) is 9.59 Å². The van der Waals surface area contributed by atoms with Gasteiger partial charge in [-0.15, -0.1) is 0 Å². The molecular formula is C19H20N2O2. The Labute approximate surface area is 136 Å². The van der Waals surface area contributed by atoms with Crippen LogP contribution in [0.2, 0.25) is 0 Å². The number of carbonyl (C=O) groups is 2. The number of anilines is 2. The number of para-hydroxylation sites is 1. The van der Waals surface area contributed by atoms with Crippen molar-refractivity contribution in [3.8, 4) is 0 Å². The van der Waals surface area contributed by atoms with E-state index in [2.05, 4.69) is 5.32 Å². The zero-order valence-electron chi connectivity index (χ0n) is 13.6. The Bertz CT molecular complexity index is 745. The molecule has 23 heavy (non-hydrogen) atoms. The van der Waals surface area contributed by atoms with Crippen LogP contribution in [0, 0.1) is 20.8 Å². The fraction of sp³-hybridized carbons (Fsp3) is 0.263. The Morgan fingerprint density at radius 2 is 1.61 bits per heavy atom. The van der Waals surface area contributed by atoms with E-state index in [1.165, 1.54) is 4.90 Å². The van der Waals surface area contributed by atoms with Gasteiger partial charge in [-0.2, -0.15) is 0 Å². The number of imide groups is 1. The number of nitrogens with zero attached hydrogens (tertiary/aromatic N) is 1. The predicted molar refractivity (Wildman–Crippen MR) is 91.6 cm³/mol. The van der Waals surface area contributed by atoms with Crippen LogP contribution in [0.3, 0.4) is 0 Å². The van der Waals surface area contributed by atoms with Gasteiger partial charge in [0.2, 0.25) is 5.91 Å². The zero-order chi connectivity index (χ0) is 16.6. The zero-order valence-corrected chi connectivity index (χ0v) is 13.6. The Morgan fingerprint density at radius 3 is 2.22 bits per heavy atom. The average Bonchev–Trinajstić information content (AvgIpc) is 2.75. The molecule has 1 N–H and O–H groups in total. The minimum atomic E-state index is -0.509. The average molecular weight is 308 g/mol. The summed E-state index contributed by atoms with van der Waals surface area (Å²) in [4.78, 5) is 26.5. The van der Waals surface area contributed by atoms with Gasteiger partial charge >= 0.3 is 0 Å². The van der Waals surface area contributed by atoms with Gasteiger partial charge in [-0.05, 0) is 44.0 Å². The van der Waals surface area contributed by atoms with E-state index in [4.69, 9.17) is 0 Å². The summed E-state index contributed by atoms with van der Waals surface area (Å²) < 4.78 is 0. The minimum absolute atomic E-state index is 0.154. The molecule has 1 unspecified atom stereocenters. The maximum Gasteiger partial charge on any atom is 0.256 e. The smallest absolute Gasteiger partial charge is 0.256 e. The summed E-state index contributed by atoms with van der Waals surface area (Å²) in [5.74, 6) is -0.340. The highest BCUT2D eigenvalue weighted by atomic mass is 16.2. The normalized spacial score (nSPS) is 17.7. The lowest BCUT2D eigenvalue weighted by atomic mass is 10.0. The molecule has 2 amide bonds. The third-order valence-electron chi connectivity index (χ3n) is 4.12. The monoisotopic (exact) mass is 308 g/mol. The molecule has 4 nitrogen and oxygen atoms in total. The van der Waals surface area contributed by atoms with Crippen molar-refractivity contribution >= 4 is 23.2 Å². The number of carbonyl (C=O) groups excluding carboxylic acids is 2. The van der Waals surface area contributed by atoms with Crippen LogP contribution >= 0.6 is 0 Å². The molecule has 4 heteroatoms. The van der Waals surface area contributed by atoms with E-state index in [-0.39, 0.29) is 18.2 Å². The molecule has 0 saturated carbocycles. The van der Waals surface area contributed by atoms with Gasteiger partial charge in [0.25, 0.3) is 5.91 Å². The Hall–Kier alpha value is -2.62. The van der Waals surface area contributed by atoms with Crippen LogP contribution in [0.25, 0.3) is 0 Å². The maximum absolute atomic E-state index is 12.8. The first-order valence-electron chi connectivity index (χ1n) is 7.73. The lowest BCUT2D eigenvalue weighted by Gasteiger charge is -2.21. The first kappa shape index (κ1) is 15.3. The molecule has 118 valence electrons. The third-order valence-corrected chi connectivity index (χ3v) is 4.12. The SMILES string of the molecule is Cc1cc(C)c(N2C(=O)CC(Nc3ccccc3)C2=O)c(C)c1. The molecule has 1 aliphatic rings. The molecule has 1 saturated heterocycles. The van der Waals surface area contributed by atoms with Gasteiger partial charge in [-0.3, -0.25) is 9.59 Å². The Morgan fingerprint density at radius 1 is 1.00 bits per heavy atom. The van der Waals surface area contributed by atoms with E-state index < -0.39 is 6.04 Å². The van der Waals surface area contributed by atoms with Gasteiger partial charge in [0.1, 0.15) is 6.04 Å². The number of aryl methyl sites for hydroxylation is 3. The molecule has 0 radical (unpaired) electrons. The van der Waals surface area contributed by atoms with Crippen molar-refractivity contribution in [2.45, 2.75) is 33.2 Å². The summed E-state index contributed by atoms with van der Waals surface area (Å²) in [7, 11) is 0. The van der Waals surface area contributed by atoms with Crippen LogP contribution in [-0.2, 0) is 9.59 Å².